The number of aliphatic hydroxyl groups is 1. The van der Waals surface area contributed by atoms with E-state index in [9.17, 15) is 24.1 Å². The molecule has 1 heterocycles. The molecule has 10 nitrogen and oxygen atoms in total. The molecule has 1 unspecified atom stereocenters. The summed E-state index contributed by atoms with van der Waals surface area (Å²) in [7, 11) is -2.09. The molecule has 0 aromatic heterocycles. The van der Waals surface area contributed by atoms with Crippen LogP contribution in [0.25, 0.3) is 0 Å². The van der Waals surface area contributed by atoms with Crippen LogP contribution in [0.5, 0.6) is 0 Å². The van der Waals surface area contributed by atoms with Gasteiger partial charge in [0.25, 0.3) is 5.91 Å². The number of unbranched alkanes of at least 4 members (excludes halogenated alkanes) is 3. The van der Waals surface area contributed by atoms with E-state index in [1.54, 1.807) is 0 Å². The van der Waals surface area contributed by atoms with Crippen LogP contribution in [-0.4, -0.2) is 71.1 Å². The highest BCUT2D eigenvalue weighted by Crippen LogP contribution is 2.30. The van der Waals surface area contributed by atoms with Crippen LogP contribution in [-0.2, 0) is 30.0 Å². The molecule has 0 aliphatic carbocycles. The molecule has 1 aliphatic rings. The number of likely N-dealkylation sites (tertiary alicyclic amines) is 1. The normalized spacial score (nSPS) is 16.5. The molecule has 1 aromatic carbocycles. The van der Waals surface area contributed by atoms with Crippen LogP contribution < -0.4 is 5.32 Å². The van der Waals surface area contributed by atoms with Gasteiger partial charge in [-0.2, -0.15) is 0 Å². The third-order valence-electron chi connectivity index (χ3n) is 5.72. The van der Waals surface area contributed by atoms with E-state index >= 15 is 0 Å². The van der Waals surface area contributed by atoms with Gasteiger partial charge in [0.2, 0.25) is 0 Å². The lowest BCUT2D eigenvalue weighted by atomic mass is 10.1. The number of carboxylic acids is 1. The largest absolute Gasteiger partial charge is 0.508 e. The van der Waals surface area contributed by atoms with E-state index in [0.717, 1.165) is 5.56 Å². The standard InChI is InChI=1S/C24H35N2O8P/c27-16-7-2-8-17-35(32)34-21(22(28)26-15-9-12-20(26)23(29)30)13-5-6-14-25-24(31)33-18-19-10-3-1-4-11-19/h1,3-4,10-11,20-21,27H,2,5-9,12-18H2,(H-,25,29,30,31)/p+1/t20-,21-/m0/s1. The molecule has 3 N–H and O–H groups in total. The van der Waals surface area contributed by atoms with Crippen LogP contribution in [0, 0.1) is 0 Å². The van der Waals surface area contributed by atoms with Crippen LogP contribution >= 0.6 is 8.03 Å². The topological polar surface area (TPSA) is 142 Å². The minimum absolute atomic E-state index is 0.0676. The third kappa shape index (κ3) is 10.7. The molecule has 1 saturated heterocycles. The third-order valence-corrected chi connectivity index (χ3v) is 6.89. The Morgan fingerprint density at radius 3 is 2.60 bits per heavy atom. The molecular weight excluding hydrogens is 475 g/mol. The summed E-state index contributed by atoms with van der Waals surface area (Å²) in [6.07, 6.45) is 2.96. The molecule has 0 spiro atoms. The van der Waals surface area contributed by atoms with Gasteiger partial charge in [-0.15, -0.1) is 4.52 Å². The number of aliphatic carboxylic acids is 1. The SMILES string of the molecule is O=C(NCCCC[C@H](O[P+](=O)CCCCCO)C(=O)N1CCC[C@H]1C(=O)O)OCc1ccccc1. The van der Waals surface area contributed by atoms with E-state index in [1.165, 1.54) is 4.90 Å². The van der Waals surface area contributed by atoms with Crippen molar-refractivity contribution in [3.63, 3.8) is 0 Å². The van der Waals surface area contributed by atoms with Crippen molar-refractivity contribution in [3.8, 4) is 0 Å². The van der Waals surface area contributed by atoms with E-state index < -0.39 is 38.1 Å². The van der Waals surface area contributed by atoms with Gasteiger partial charge in [0.05, 0.1) is 0 Å². The zero-order valence-corrected chi connectivity index (χ0v) is 20.9. The second kappa shape index (κ2) is 16.2. The maximum absolute atomic E-state index is 13.1. The van der Waals surface area contributed by atoms with Crippen molar-refractivity contribution in [1.29, 1.82) is 0 Å². The van der Waals surface area contributed by atoms with E-state index in [0.29, 0.717) is 58.0 Å². The molecule has 2 amide bonds. The molecule has 1 fully saturated rings. The Kier molecular flexibility index (Phi) is 13.3. The van der Waals surface area contributed by atoms with E-state index in [1.807, 2.05) is 30.3 Å². The lowest BCUT2D eigenvalue weighted by molar-refractivity contribution is -0.151. The van der Waals surface area contributed by atoms with Crippen LogP contribution in [0.1, 0.15) is 56.9 Å². The molecule has 11 heteroatoms. The summed E-state index contributed by atoms with van der Waals surface area (Å²) in [6.45, 7) is 0.905. The Hall–Kier alpha value is -2.55. The van der Waals surface area contributed by atoms with Gasteiger partial charge in [0.1, 0.15) is 12.6 Å². The molecule has 1 aliphatic heterocycles. The molecule has 0 radical (unpaired) electrons. The number of amides is 2. The van der Waals surface area contributed by atoms with Gasteiger partial charge in [-0.3, -0.25) is 4.79 Å². The van der Waals surface area contributed by atoms with Crippen LogP contribution in [0.15, 0.2) is 30.3 Å². The molecular formula is C24H36N2O8P+. The van der Waals surface area contributed by atoms with Gasteiger partial charge in [0, 0.05) is 19.7 Å². The Morgan fingerprint density at radius 1 is 1.11 bits per heavy atom. The number of carbonyl (C=O) groups excluding carboxylic acids is 2. The molecule has 2 rings (SSSR count). The lowest BCUT2D eigenvalue weighted by Gasteiger charge is -2.24. The number of nitrogens with zero attached hydrogens (tertiary/aromatic N) is 1. The van der Waals surface area contributed by atoms with Gasteiger partial charge in [-0.1, -0.05) is 30.3 Å². The number of hydrogen-bond donors (Lipinski definition) is 3. The first-order chi connectivity index (χ1) is 16.9. The van der Waals surface area contributed by atoms with E-state index in [-0.39, 0.29) is 25.8 Å². The fourth-order valence-corrected chi connectivity index (χ4v) is 4.90. The Balaban J connectivity index is 1.79. The molecule has 194 valence electrons. The maximum atomic E-state index is 13.1. The number of aliphatic hydroxyl groups excluding tert-OH is 1. The van der Waals surface area contributed by atoms with E-state index in [4.69, 9.17) is 14.4 Å². The summed E-state index contributed by atoms with van der Waals surface area (Å²) in [6, 6.07) is 8.43. The van der Waals surface area contributed by atoms with Crippen molar-refractivity contribution in [2.75, 3.05) is 25.9 Å². The highest BCUT2D eigenvalue weighted by atomic mass is 31.1. The zero-order chi connectivity index (χ0) is 25.5. The number of carboxylic acid groups (broad SMARTS) is 1. The second-order valence-corrected chi connectivity index (χ2v) is 9.77. The Bertz CT molecular complexity index is 823. The monoisotopic (exact) mass is 511 g/mol. The Morgan fingerprint density at radius 2 is 1.89 bits per heavy atom. The number of benzene rings is 1. The molecule has 35 heavy (non-hydrogen) atoms. The van der Waals surface area contributed by atoms with Gasteiger partial charge < -0.3 is 25.2 Å². The average molecular weight is 512 g/mol. The minimum Gasteiger partial charge on any atom is -0.480 e. The predicted molar refractivity (Wildman–Crippen MR) is 129 cm³/mol. The summed E-state index contributed by atoms with van der Waals surface area (Å²) in [4.78, 5) is 37.7. The highest BCUT2D eigenvalue weighted by molar-refractivity contribution is 7.39. The number of hydrogen-bond acceptors (Lipinski definition) is 7. The minimum atomic E-state index is -2.09. The van der Waals surface area contributed by atoms with Gasteiger partial charge in [0.15, 0.2) is 12.3 Å². The van der Waals surface area contributed by atoms with Crippen LogP contribution in [0.2, 0.25) is 0 Å². The maximum Gasteiger partial charge on any atom is 0.508 e. The lowest BCUT2D eigenvalue weighted by Crippen LogP contribution is -2.45. The zero-order valence-electron chi connectivity index (χ0n) is 20.0. The van der Waals surface area contributed by atoms with E-state index in [2.05, 4.69) is 5.32 Å². The first-order valence-electron chi connectivity index (χ1n) is 12.1. The molecule has 0 saturated carbocycles. The van der Waals surface area contributed by atoms with Crippen molar-refractivity contribution < 1.29 is 38.4 Å². The summed E-state index contributed by atoms with van der Waals surface area (Å²) in [5.41, 5.74) is 0.883. The summed E-state index contributed by atoms with van der Waals surface area (Å²) in [5.74, 6) is -1.51. The number of ether oxygens (including phenoxy) is 1. The number of carbonyl (C=O) groups is 3. The van der Waals surface area contributed by atoms with Crippen molar-refractivity contribution >= 4 is 26.0 Å². The fraction of sp³-hybridized carbons (Fsp3) is 0.625. The molecule has 3 atom stereocenters. The van der Waals surface area contributed by atoms with Crippen molar-refractivity contribution in [3.05, 3.63) is 35.9 Å². The number of nitrogens with one attached hydrogen (secondary N) is 1. The van der Waals surface area contributed by atoms with Crippen molar-refractivity contribution in [1.82, 2.24) is 10.2 Å². The van der Waals surface area contributed by atoms with Gasteiger partial charge >= 0.3 is 20.1 Å². The fourth-order valence-electron chi connectivity index (χ4n) is 3.84. The Labute approximate surface area is 206 Å². The smallest absolute Gasteiger partial charge is 0.480 e. The highest BCUT2D eigenvalue weighted by Gasteiger charge is 2.40. The second-order valence-electron chi connectivity index (χ2n) is 8.45. The average Bonchev–Trinajstić information content (AvgIpc) is 3.35. The molecule has 0 bridgehead atoms. The predicted octanol–water partition coefficient (Wildman–Crippen LogP) is 3.45. The van der Waals surface area contributed by atoms with Gasteiger partial charge in [-0.05, 0) is 61.5 Å². The quantitative estimate of drug-likeness (QED) is 0.226. The van der Waals surface area contributed by atoms with Crippen molar-refractivity contribution in [2.45, 2.75) is 70.1 Å². The summed E-state index contributed by atoms with van der Waals surface area (Å²) >= 11 is 0. The van der Waals surface area contributed by atoms with Crippen LogP contribution in [0.3, 0.4) is 0 Å². The van der Waals surface area contributed by atoms with Crippen molar-refractivity contribution in [2.24, 2.45) is 0 Å². The number of alkyl carbamates (subject to hydrolysis) is 1. The van der Waals surface area contributed by atoms with Crippen LogP contribution in [0.4, 0.5) is 4.79 Å². The summed E-state index contributed by atoms with van der Waals surface area (Å²) < 4.78 is 23.2. The first-order valence-corrected chi connectivity index (χ1v) is 13.5. The number of rotatable bonds is 16. The van der Waals surface area contributed by atoms with Gasteiger partial charge in [-0.25, -0.2) is 9.59 Å². The molecule has 1 aromatic rings. The summed E-state index contributed by atoms with van der Waals surface area (Å²) in [5, 5.41) is 20.9. The first kappa shape index (κ1) is 28.7.